The van der Waals surface area contributed by atoms with E-state index >= 15 is 0 Å². The Kier molecular flexibility index (Phi) is 6.87. The summed E-state index contributed by atoms with van der Waals surface area (Å²) in [5.41, 5.74) is 8.58. The van der Waals surface area contributed by atoms with Crippen LogP contribution in [0.2, 0.25) is 0 Å². The first-order valence-electron chi connectivity index (χ1n) is 11.5. The molecular formula is C23H29ClF4N4O2. The minimum atomic E-state index is -2.82. The van der Waals surface area contributed by atoms with E-state index in [1.54, 1.807) is 0 Å². The molecule has 34 heavy (non-hydrogen) atoms. The lowest BCUT2D eigenvalue weighted by Gasteiger charge is -2.34. The summed E-state index contributed by atoms with van der Waals surface area (Å²) in [6.07, 6.45) is 1.00. The second-order valence-electron chi connectivity index (χ2n) is 9.89. The number of carbonyl (C=O) groups is 1. The minimum absolute atomic E-state index is 0. The number of aromatic amines is 1. The number of alkyl halides is 4. The van der Waals surface area contributed by atoms with Gasteiger partial charge in [0.15, 0.2) is 0 Å². The summed E-state index contributed by atoms with van der Waals surface area (Å²) in [6, 6.07) is 4.80. The molecule has 2 saturated carbocycles. The van der Waals surface area contributed by atoms with Crippen LogP contribution in [0, 0.1) is 11.8 Å². The van der Waals surface area contributed by atoms with E-state index in [0.29, 0.717) is 17.3 Å². The van der Waals surface area contributed by atoms with Crippen molar-refractivity contribution in [2.24, 2.45) is 17.6 Å². The Morgan fingerprint density at radius 2 is 1.94 bits per heavy atom. The maximum Gasteiger partial charge on any atom is 0.271 e. The number of H-pyrrole nitrogens is 1. The number of fused-ring (bicyclic) bond motifs is 1. The van der Waals surface area contributed by atoms with Crippen LogP contribution in [-0.4, -0.2) is 40.4 Å². The van der Waals surface area contributed by atoms with Crippen molar-refractivity contribution in [2.45, 2.75) is 75.0 Å². The van der Waals surface area contributed by atoms with Gasteiger partial charge in [0.25, 0.3) is 5.92 Å². The number of imidazole rings is 1. The molecule has 3 aliphatic rings. The maximum atomic E-state index is 13.4. The zero-order valence-corrected chi connectivity index (χ0v) is 19.4. The van der Waals surface area contributed by atoms with Crippen molar-refractivity contribution in [1.29, 1.82) is 0 Å². The number of nitrogens with one attached hydrogen (secondary N) is 2. The van der Waals surface area contributed by atoms with Crippen LogP contribution >= 0.6 is 12.4 Å². The van der Waals surface area contributed by atoms with Gasteiger partial charge in [0.05, 0.1) is 29.2 Å². The minimum Gasteiger partial charge on any atom is -0.370 e. The zero-order chi connectivity index (χ0) is 23.4. The smallest absolute Gasteiger partial charge is 0.271 e. The van der Waals surface area contributed by atoms with Gasteiger partial charge in [-0.25, -0.2) is 22.5 Å². The summed E-state index contributed by atoms with van der Waals surface area (Å²) in [6.45, 7) is -0.642. The summed E-state index contributed by atoms with van der Waals surface area (Å²) in [4.78, 5) is 20.2. The fourth-order valence-corrected chi connectivity index (χ4v) is 4.92. The predicted molar refractivity (Wildman–Crippen MR) is 120 cm³/mol. The number of ether oxygens (including phenoxy) is 1. The van der Waals surface area contributed by atoms with Gasteiger partial charge < -0.3 is 20.8 Å². The number of benzene rings is 1. The van der Waals surface area contributed by atoms with Gasteiger partial charge in [-0.1, -0.05) is 6.07 Å². The van der Waals surface area contributed by atoms with Crippen LogP contribution in [0.3, 0.4) is 0 Å². The van der Waals surface area contributed by atoms with E-state index in [9.17, 15) is 22.4 Å². The van der Waals surface area contributed by atoms with Crippen molar-refractivity contribution in [3.63, 3.8) is 0 Å². The Morgan fingerprint density at radius 3 is 2.56 bits per heavy atom. The van der Waals surface area contributed by atoms with Crippen LogP contribution in [0.15, 0.2) is 18.2 Å². The first-order valence-corrected chi connectivity index (χ1v) is 11.5. The lowest BCUT2D eigenvalue weighted by molar-refractivity contribution is -0.149. The molecule has 2 aromatic rings. The number of halogens is 5. The van der Waals surface area contributed by atoms with Gasteiger partial charge in [-0.3, -0.25) is 4.79 Å². The van der Waals surface area contributed by atoms with Crippen LogP contribution in [0.1, 0.15) is 68.4 Å². The first-order chi connectivity index (χ1) is 15.6. The highest BCUT2D eigenvalue weighted by molar-refractivity contribution is 5.85. The van der Waals surface area contributed by atoms with Crippen molar-refractivity contribution >= 4 is 29.3 Å². The van der Waals surface area contributed by atoms with Gasteiger partial charge in [-0.2, -0.15) is 0 Å². The molecule has 6 nitrogen and oxygen atoms in total. The second-order valence-corrected chi connectivity index (χ2v) is 9.89. The largest absolute Gasteiger partial charge is 0.370 e. The van der Waals surface area contributed by atoms with Crippen molar-refractivity contribution < 1.29 is 27.1 Å². The normalized spacial score (nSPS) is 25.7. The molecule has 188 valence electrons. The van der Waals surface area contributed by atoms with Crippen LogP contribution in [0.5, 0.6) is 0 Å². The lowest BCUT2D eigenvalue weighted by Crippen LogP contribution is -2.40. The van der Waals surface area contributed by atoms with Crippen LogP contribution in [-0.2, 0) is 9.53 Å². The van der Waals surface area contributed by atoms with Gasteiger partial charge in [0.1, 0.15) is 12.4 Å². The average molecular weight is 505 g/mol. The Morgan fingerprint density at radius 1 is 1.21 bits per heavy atom. The number of hydrogen-bond donors (Lipinski definition) is 3. The monoisotopic (exact) mass is 504 g/mol. The molecule has 4 N–H and O–H groups in total. The maximum absolute atomic E-state index is 13.4. The quantitative estimate of drug-likeness (QED) is 0.472. The van der Waals surface area contributed by atoms with Crippen molar-refractivity contribution in [1.82, 2.24) is 15.3 Å². The predicted octanol–water partition coefficient (Wildman–Crippen LogP) is 4.80. The number of nitrogens with zero attached hydrogens (tertiary/aromatic N) is 1. The molecule has 1 aromatic heterocycles. The summed E-state index contributed by atoms with van der Waals surface area (Å²) in [5.74, 6) is -5.13. The molecule has 1 unspecified atom stereocenters. The zero-order valence-electron chi connectivity index (χ0n) is 18.5. The average Bonchev–Trinajstić information content (AvgIpc) is 3.48. The van der Waals surface area contributed by atoms with Gasteiger partial charge >= 0.3 is 0 Å². The van der Waals surface area contributed by atoms with Crippen LogP contribution < -0.4 is 11.1 Å². The molecule has 1 aromatic carbocycles. The van der Waals surface area contributed by atoms with Crippen molar-refractivity contribution in [3.05, 3.63) is 29.6 Å². The number of hydrogen-bond acceptors (Lipinski definition) is 4. The fraction of sp³-hybridized carbons (Fsp3) is 0.652. The van der Waals surface area contributed by atoms with Gasteiger partial charge in [-0.05, 0) is 48.8 Å². The molecular weight excluding hydrogens is 476 g/mol. The molecule has 1 amide bonds. The third-order valence-electron chi connectivity index (χ3n) is 6.96. The Bertz CT molecular complexity index is 1030. The number of rotatable bonds is 7. The van der Waals surface area contributed by atoms with Crippen molar-refractivity contribution in [3.8, 4) is 0 Å². The molecule has 2 heterocycles. The lowest BCUT2D eigenvalue weighted by atomic mass is 9.79. The number of carbonyl (C=O) groups excluding carboxylic acids is 1. The topological polar surface area (TPSA) is 93.0 Å². The molecule has 2 aliphatic carbocycles. The second kappa shape index (κ2) is 9.28. The summed E-state index contributed by atoms with van der Waals surface area (Å²) in [7, 11) is 0. The van der Waals surface area contributed by atoms with E-state index in [2.05, 4.69) is 15.3 Å². The van der Waals surface area contributed by atoms with E-state index in [1.807, 2.05) is 18.2 Å². The van der Waals surface area contributed by atoms with E-state index in [1.165, 1.54) is 0 Å². The van der Waals surface area contributed by atoms with Crippen LogP contribution in [0.25, 0.3) is 11.0 Å². The number of amides is 1. The molecule has 5 rings (SSSR count). The van der Waals surface area contributed by atoms with E-state index in [4.69, 9.17) is 10.5 Å². The Balaban J connectivity index is 0.00000274. The highest BCUT2D eigenvalue weighted by atomic mass is 35.5. The third-order valence-corrected chi connectivity index (χ3v) is 6.96. The van der Waals surface area contributed by atoms with Gasteiger partial charge in [0.2, 0.25) is 11.8 Å². The standard InChI is InChI=1S/C23H28F4N4O2.ClH/c24-22(25)6-5-17(33-11-22)19(28)21-29-15-4-3-14(8-16(15)30-21)20(13-1-2-13)31-18(32)7-12-9-23(26,27)10-12;/h3-4,8,12-13,17,19-20H,1-2,5-7,9-11,28H2,(H,29,30)(H,31,32);1H/t17?,19-,20+;/m0./s1. The molecule has 3 atom stereocenters. The van der Waals surface area contributed by atoms with E-state index in [0.717, 1.165) is 23.9 Å². The molecule has 1 aliphatic heterocycles. The first kappa shape index (κ1) is 25.2. The Labute approximate surface area is 200 Å². The molecule has 0 spiro atoms. The molecule has 0 bridgehead atoms. The van der Waals surface area contributed by atoms with E-state index < -0.39 is 30.6 Å². The van der Waals surface area contributed by atoms with E-state index in [-0.39, 0.29) is 62.4 Å². The van der Waals surface area contributed by atoms with Gasteiger partial charge in [-0.15, -0.1) is 12.4 Å². The highest BCUT2D eigenvalue weighted by Crippen LogP contribution is 2.45. The molecule has 1 saturated heterocycles. The summed E-state index contributed by atoms with van der Waals surface area (Å²) < 4.78 is 58.2. The molecule has 0 radical (unpaired) electrons. The number of nitrogens with two attached hydrogens (primary N) is 1. The summed E-state index contributed by atoms with van der Waals surface area (Å²) >= 11 is 0. The van der Waals surface area contributed by atoms with Crippen molar-refractivity contribution in [2.75, 3.05) is 6.61 Å². The molecule has 11 heteroatoms. The highest BCUT2D eigenvalue weighted by Gasteiger charge is 2.46. The van der Waals surface area contributed by atoms with Crippen LogP contribution in [0.4, 0.5) is 17.6 Å². The number of aromatic nitrogens is 2. The third kappa shape index (κ3) is 5.49. The van der Waals surface area contributed by atoms with Gasteiger partial charge in [0, 0.05) is 25.7 Å². The summed E-state index contributed by atoms with van der Waals surface area (Å²) in [5, 5.41) is 3.04. The Hall–Kier alpha value is -1.91. The molecule has 3 fully saturated rings. The fourth-order valence-electron chi connectivity index (χ4n) is 4.92. The SMILES string of the molecule is Cl.N[C@H](c1nc2ccc([C@H](NC(=O)CC3CC(F)(F)C3)C3CC3)cc2[nH]1)C1CCC(F)(F)CO1.